The van der Waals surface area contributed by atoms with Crippen molar-refractivity contribution in [3.63, 3.8) is 0 Å². The van der Waals surface area contributed by atoms with E-state index in [9.17, 15) is 14.7 Å². The minimum absolute atomic E-state index is 0.230. The highest BCUT2D eigenvalue weighted by atomic mass is 32.1. The van der Waals surface area contributed by atoms with E-state index in [1.807, 2.05) is 35.8 Å². The van der Waals surface area contributed by atoms with Gasteiger partial charge in [0.2, 0.25) is 0 Å². The molecule has 0 bridgehead atoms. The SMILES string of the molecule is CCCCc1ncc(C/C=C/C(N)(Cc2cccs2)C(=O)O)n1Cc1ccc(C(=O)O)cc1. The number of hydrogen-bond acceptors (Lipinski definition) is 5. The van der Waals surface area contributed by atoms with E-state index in [-0.39, 0.29) is 12.0 Å². The first-order valence-electron chi connectivity index (χ1n) is 10.9. The van der Waals surface area contributed by atoms with Gasteiger partial charge in [-0.05, 0) is 35.6 Å². The van der Waals surface area contributed by atoms with E-state index in [2.05, 4.69) is 16.5 Å². The van der Waals surface area contributed by atoms with Crippen molar-refractivity contribution in [3.05, 3.63) is 87.6 Å². The molecule has 3 rings (SSSR count). The maximum Gasteiger partial charge on any atom is 0.335 e. The van der Waals surface area contributed by atoms with Crippen LogP contribution in [-0.2, 0) is 30.6 Å². The van der Waals surface area contributed by atoms with Crippen LogP contribution in [0.2, 0.25) is 0 Å². The lowest BCUT2D eigenvalue weighted by molar-refractivity contribution is -0.141. The van der Waals surface area contributed by atoms with Gasteiger partial charge in [0.05, 0.1) is 5.56 Å². The third kappa shape index (κ3) is 6.40. The molecule has 0 fully saturated rings. The molecule has 7 nitrogen and oxygen atoms in total. The molecule has 174 valence electrons. The summed E-state index contributed by atoms with van der Waals surface area (Å²) in [6, 6.07) is 10.6. The fourth-order valence-electron chi connectivity index (χ4n) is 3.58. The average Bonchev–Trinajstić information content (AvgIpc) is 3.43. The number of aromatic carboxylic acids is 1. The summed E-state index contributed by atoms with van der Waals surface area (Å²) in [6.07, 6.45) is 8.80. The molecule has 1 unspecified atom stereocenters. The van der Waals surface area contributed by atoms with Gasteiger partial charge in [-0.15, -0.1) is 11.3 Å². The molecule has 0 spiro atoms. The van der Waals surface area contributed by atoms with E-state index < -0.39 is 17.5 Å². The highest BCUT2D eigenvalue weighted by Gasteiger charge is 2.31. The fraction of sp³-hybridized carbons (Fsp3) is 0.320. The van der Waals surface area contributed by atoms with Gasteiger partial charge in [0, 0.05) is 42.6 Å². The van der Waals surface area contributed by atoms with Gasteiger partial charge in [0.15, 0.2) is 0 Å². The smallest absolute Gasteiger partial charge is 0.335 e. The molecule has 0 saturated carbocycles. The minimum Gasteiger partial charge on any atom is -0.480 e. The van der Waals surface area contributed by atoms with Crippen molar-refractivity contribution in [2.45, 2.75) is 51.1 Å². The van der Waals surface area contributed by atoms with Crippen LogP contribution in [0.25, 0.3) is 0 Å². The van der Waals surface area contributed by atoms with Crippen molar-refractivity contribution in [2.75, 3.05) is 0 Å². The number of carbonyl (C=O) groups is 2. The zero-order valence-corrected chi connectivity index (χ0v) is 19.4. The van der Waals surface area contributed by atoms with Crippen molar-refractivity contribution in [2.24, 2.45) is 5.73 Å². The number of imidazole rings is 1. The minimum atomic E-state index is -1.48. The molecule has 0 saturated heterocycles. The second-order valence-corrected chi connectivity index (χ2v) is 9.10. The number of nitrogens with zero attached hydrogens (tertiary/aromatic N) is 2. The zero-order valence-electron chi connectivity index (χ0n) is 18.6. The van der Waals surface area contributed by atoms with E-state index >= 15 is 0 Å². The van der Waals surface area contributed by atoms with E-state index in [4.69, 9.17) is 10.8 Å². The first kappa shape index (κ1) is 24.4. The number of carboxylic acid groups (broad SMARTS) is 2. The molecular weight excluding hydrogens is 438 g/mol. The van der Waals surface area contributed by atoms with Crippen LogP contribution < -0.4 is 5.73 Å². The van der Waals surface area contributed by atoms with Gasteiger partial charge in [0.1, 0.15) is 11.4 Å². The summed E-state index contributed by atoms with van der Waals surface area (Å²) in [5, 5.41) is 20.7. The number of nitrogens with two attached hydrogens (primary N) is 1. The third-order valence-electron chi connectivity index (χ3n) is 5.50. The van der Waals surface area contributed by atoms with Crippen LogP contribution >= 0.6 is 11.3 Å². The first-order chi connectivity index (χ1) is 15.8. The van der Waals surface area contributed by atoms with Crippen molar-refractivity contribution >= 4 is 23.3 Å². The summed E-state index contributed by atoms with van der Waals surface area (Å²) < 4.78 is 2.12. The first-order valence-corrected chi connectivity index (χ1v) is 11.8. The van der Waals surface area contributed by atoms with Gasteiger partial charge in [-0.1, -0.05) is 43.7 Å². The van der Waals surface area contributed by atoms with Crippen LogP contribution in [0, 0.1) is 0 Å². The normalized spacial score (nSPS) is 13.3. The molecule has 4 N–H and O–H groups in total. The van der Waals surface area contributed by atoms with Crippen LogP contribution in [0.15, 0.2) is 60.1 Å². The lowest BCUT2D eigenvalue weighted by atomic mass is 9.94. The second kappa shape index (κ2) is 11.1. The summed E-state index contributed by atoms with van der Waals surface area (Å²) in [6.45, 7) is 2.69. The number of aromatic nitrogens is 2. The maximum absolute atomic E-state index is 11.9. The summed E-state index contributed by atoms with van der Waals surface area (Å²) in [5.74, 6) is -1.06. The topological polar surface area (TPSA) is 118 Å². The largest absolute Gasteiger partial charge is 0.480 e. The summed E-state index contributed by atoms with van der Waals surface area (Å²) >= 11 is 1.49. The Balaban J connectivity index is 1.80. The Hall–Kier alpha value is -3.23. The van der Waals surface area contributed by atoms with Crippen LogP contribution in [0.3, 0.4) is 0 Å². The van der Waals surface area contributed by atoms with E-state index in [1.54, 1.807) is 24.3 Å². The van der Waals surface area contributed by atoms with Gasteiger partial charge in [0.25, 0.3) is 0 Å². The van der Waals surface area contributed by atoms with Crippen molar-refractivity contribution < 1.29 is 19.8 Å². The Morgan fingerprint density at radius 1 is 1.21 bits per heavy atom. The van der Waals surface area contributed by atoms with Gasteiger partial charge in [-0.2, -0.15) is 0 Å². The van der Waals surface area contributed by atoms with Crippen molar-refractivity contribution in [1.29, 1.82) is 0 Å². The number of hydrogen-bond donors (Lipinski definition) is 3. The molecule has 2 heterocycles. The number of allylic oxidation sites excluding steroid dienone is 1. The molecule has 1 aromatic carbocycles. The summed E-state index contributed by atoms with van der Waals surface area (Å²) in [7, 11) is 0. The van der Waals surface area contributed by atoms with Crippen LogP contribution in [-0.4, -0.2) is 37.2 Å². The lowest BCUT2D eigenvalue weighted by Crippen LogP contribution is -2.48. The number of thiophene rings is 1. The molecule has 33 heavy (non-hydrogen) atoms. The molecule has 0 aliphatic carbocycles. The Kier molecular flexibility index (Phi) is 8.19. The molecule has 0 aliphatic heterocycles. The van der Waals surface area contributed by atoms with E-state index in [1.165, 1.54) is 11.3 Å². The van der Waals surface area contributed by atoms with Gasteiger partial charge in [-0.25, -0.2) is 14.6 Å². The van der Waals surface area contributed by atoms with E-state index in [0.29, 0.717) is 13.0 Å². The standard InChI is InChI=1S/C25H29N3O4S/c1-2-3-8-22-27-16-20(28(22)17-18-9-11-19(12-10-18)23(29)30)6-4-13-25(26,24(31)32)15-21-7-5-14-33-21/h4-5,7,9-14,16H,2-3,6,8,15,17,26H2,1H3,(H,29,30)(H,31,32)/b13-4+. The summed E-state index contributed by atoms with van der Waals surface area (Å²) in [4.78, 5) is 28.5. The number of unbranched alkanes of at least 4 members (excludes halogenated alkanes) is 1. The van der Waals surface area contributed by atoms with Crippen molar-refractivity contribution in [3.8, 4) is 0 Å². The Morgan fingerprint density at radius 3 is 2.58 bits per heavy atom. The summed E-state index contributed by atoms with van der Waals surface area (Å²) in [5.41, 5.74) is 6.90. The van der Waals surface area contributed by atoms with Gasteiger partial charge < -0.3 is 20.5 Å². The van der Waals surface area contributed by atoms with Gasteiger partial charge in [-0.3, -0.25) is 0 Å². The molecular formula is C25H29N3O4S. The van der Waals surface area contributed by atoms with Gasteiger partial charge >= 0.3 is 11.9 Å². The van der Waals surface area contributed by atoms with Crippen LogP contribution in [0.1, 0.15) is 52.1 Å². The predicted molar refractivity (Wildman–Crippen MR) is 129 cm³/mol. The lowest BCUT2D eigenvalue weighted by Gasteiger charge is -2.20. The number of aryl methyl sites for hydroxylation is 1. The molecule has 0 radical (unpaired) electrons. The monoisotopic (exact) mass is 467 g/mol. The molecule has 0 amide bonds. The zero-order chi connectivity index (χ0) is 23.8. The predicted octanol–water partition coefficient (Wildman–Crippen LogP) is 4.16. The number of carboxylic acids is 2. The molecule has 1 atom stereocenters. The van der Waals surface area contributed by atoms with Crippen LogP contribution in [0.4, 0.5) is 0 Å². The highest BCUT2D eigenvalue weighted by Crippen LogP contribution is 2.19. The molecule has 0 aliphatic rings. The number of rotatable bonds is 12. The molecule has 3 aromatic rings. The maximum atomic E-state index is 11.9. The third-order valence-corrected chi connectivity index (χ3v) is 6.38. The number of aliphatic carboxylic acids is 1. The highest BCUT2D eigenvalue weighted by molar-refractivity contribution is 7.09. The second-order valence-electron chi connectivity index (χ2n) is 8.07. The quantitative estimate of drug-likeness (QED) is 0.344. The average molecular weight is 468 g/mol. The van der Waals surface area contributed by atoms with Crippen molar-refractivity contribution in [1.82, 2.24) is 9.55 Å². The Bertz CT molecular complexity index is 1100. The fourth-order valence-corrected chi connectivity index (χ4v) is 4.39. The molecule has 2 aromatic heterocycles. The Labute approximate surface area is 197 Å². The van der Waals surface area contributed by atoms with E-state index in [0.717, 1.165) is 41.2 Å². The Morgan fingerprint density at radius 2 is 1.97 bits per heavy atom. The van der Waals surface area contributed by atoms with Crippen LogP contribution in [0.5, 0.6) is 0 Å². The number of benzene rings is 1. The molecule has 8 heteroatoms.